The normalized spacial score (nSPS) is 15.4. The van der Waals surface area contributed by atoms with E-state index >= 15 is 0 Å². The zero-order chi connectivity index (χ0) is 20.2. The van der Waals surface area contributed by atoms with Crippen LogP contribution in [0.5, 0.6) is 11.5 Å². The molecule has 0 aliphatic carbocycles. The van der Waals surface area contributed by atoms with E-state index in [0.717, 1.165) is 0 Å². The van der Waals surface area contributed by atoms with Crippen LogP contribution in [-0.4, -0.2) is 10.9 Å². The second-order valence-electron chi connectivity index (χ2n) is 6.28. The van der Waals surface area contributed by atoms with E-state index in [0.29, 0.717) is 28.3 Å². The number of cyclic esters (lactones) is 1. The van der Waals surface area contributed by atoms with Crippen LogP contribution in [0.3, 0.4) is 0 Å². The van der Waals surface area contributed by atoms with Crippen LogP contribution in [0.15, 0.2) is 90.8 Å². The number of benzene rings is 3. The molecule has 1 aliphatic rings. The molecule has 0 amide bonds. The number of fused-ring (bicyclic) bond motifs is 1. The van der Waals surface area contributed by atoms with E-state index in [2.05, 4.69) is 5.32 Å². The summed E-state index contributed by atoms with van der Waals surface area (Å²) in [7, 11) is 0. The number of nitro groups is 1. The lowest BCUT2D eigenvalue weighted by Crippen LogP contribution is -2.12. The molecule has 3 aromatic carbocycles. The zero-order valence-corrected chi connectivity index (χ0v) is 15.1. The van der Waals surface area contributed by atoms with Crippen molar-refractivity contribution in [3.05, 3.63) is 112 Å². The van der Waals surface area contributed by atoms with Gasteiger partial charge in [0.15, 0.2) is 0 Å². The number of anilines is 1. The predicted molar refractivity (Wildman–Crippen MR) is 106 cm³/mol. The van der Waals surface area contributed by atoms with Gasteiger partial charge >= 0.3 is 11.7 Å². The minimum absolute atomic E-state index is 0.257. The maximum atomic E-state index is 12.0. The molecule has 0 spiro atoms. The molecule has 7 nitrogen and oxygen atoms in total. The number of rotatable bonds is 6. The summed E-state index contributed by atoms with van der Waals surface area (Å²) < 4.78 is 10.9. The summed E-state index contributed by atoms with van der Waals surface area (Å²) in [5.41, 5.74) is 1.19. The molecule has 7 heteroatoms. The first-order valence-corrected chi connectivity index (χ1v) is 8.86. The first-order valence-electron chi connectivity index (χ1n) is 8.86. The minimum atomic E-state index is -1.05. The van der Waals surface area contributed by atoms with E-state index in [1.165, 1.54) is 6.20 Å². The fourth-order valence-corrected chi connectivity index (χ4v) is 2.99. The highest BCUT2D eigenvalue weighted by Gasteiger charge is 2.39. The van der Waals surface area contributed by atoms with Crippen molar-refractivity contribution >= 4 is 11.7 Å². The van der Waals surface area contributed by atoms with Gasteiger partial charge in [0, 0.05) is 11.3 Å². The molecule has 0 bridgehead atoms. The van der Waals surface area contributed by atoms with Crippen LogP contribution < -0.4 is 10.1 Å². The van der Waals surface area contributed by atoms with Gasteiger partial charge in [-0.25, -0.2) is 4.79 Å². The summed E-state index contributed by atoms with van der Waals surface area (Å²) in [6.45, 7) is 0. The number of nitrogens with one attached hydrogen (secondary N) is 1. The molecule has 0 saturated carbocycles. The fourth-order valence-electron chi connectivity index (χ4n) is 2.99. The highest BCUT2D eigenvalue weighted by atomic mass is 16.6. The molecule has 0 radical (unpaired) electrons. The van der Waals surface area contributed by atoms with Gasteiger partial charge in [-0.05, 0) is 42.5 Å². The van der Waals surface area contributed by atoms with Crippen molar-refractivity contribution in [3.8, 4) is 11.5 Å². The van der Waals surface area contributed by atoms with Gasteiger partial charge < -0.3 is 14.8 Å². The van der Waals surface area contributed by atoms with Crippen molar-refractivity contribution < 1.29 is 19.2 Å². The van der Waals surface area contributed by atoms with Crippen LogP contribution in [0.1, 0.15) is 22.0 Å². The van der Waals surface area contributed by atoms with Gasteiger partial charge in [-0.15, -0.1) is 0 Å². The molecular weight excluding hydrogens is 372 g/mol. The molecule has 0 aromatic heterocycles. The molecule has 0 fully saturated rings. The van der Waals surface area contributed by atoms with Crippen LogP contribution in [-0.2, 0) is 4.74 Å². The molecule has 1 aliphatic heterocycles. The number of carbonyl (C=O) groups is 1. The Labute approximate surface area is 166 Å². The molecule has 0 saturated heterocycles. The third-order valence-corrected chi connectivity index (χ3v) is 4.39. The number of nitrogens with zero attached hydrogens (tertiary/aromatic N) is 1. The average molecular weight is 388 g/mol. The molecule has 1 N–H and O–H groups in total. The maximum absolute atomic E-state index is 12.0. The molecule has 144 valence electrons. The van der Waals surface area contributed by atoms with Gasteiger partial charge in [-0.2, -0.15) is 0 Å². The Morgan fingerprint density at radius 2 is 1.62 bits per heavy atom. The van der Waals surface area contributed by atoms with E-state index in [4.69, 9.17) is 9.47 Å². The lowest BCUT2D eigenvalue weighted by Gasteiger charge is -2.09. The number of esters is 1. The second kappa shape index (κ2) is 7.85. The summed E-state index contributed by atoms with van der Waals surface area (Å²) in [5.74, 6) is 0.783. The van der Waals surface area contributed by atoms with Crippen LogP contribution in [0, 0.1) is 10.1 Å². The lowest BCUT2D eigenvalue weighted by molar-refractivity contribution is -0.436. The SMILES string of the molecule is O=C1OC(/C(=C\Nc2ccc(Oc3ccccc3)cc2)[N+](=O)[O-])c2ccccc21. The van der Waals surface area contributed by atoms with Crippen LogP contribution in [0.4, 0.5) is 5.69 Å². The Bertz CT molecular complexity index is 1080. The lowest BCUT2D eigenvalue weighted by atomic mass is 10.0. The van der Waals surface area contributed by atoms with Crippen molar-refractivity contribution in [2.24, 2.45) is 0 Å². The molecule has 29 heavy (non-hydrogen) atoms. The number of carbonyl (C=O) groups excluding carboxylic acids is 1. The Balaban J connectivity index is 1.51. The van der Waals surface area contributed by atoms with Crippen molar-refractivity contribution in [1.82, 2.24) is 0 Å². The molecule has 1 heterocycles. The summed E-state index contributed by atoms with van der Waals surface area (Å²) in [4.78, 5) is 23.0. The maximum Gasteiger partial charge on any atom is 0.339 e. The zero-order valence-electron chi connectivity index (χ0n) is 15.1. The Morgan fingerprint density at radius 3 is 2.34 bits per heavy atom. The average Bonchev–Trinajstić information content (AvgIpc) is 3.07. The second-order valence-corrected chi connectivity index (χ2v) is 6.28. The van der Waals surface area contributed by atoms with E-state index in [1.54, 1.807) is 48.5 Å². The van der Waals surface area contributed by atoms with E-state index in [9.17, 15) is 14.9 Å². The van der Waals surface area contributed by atoms with Gasteiger partial charge in [0.2, 0.25) is 6.10 Å². The van der Waals surface area contributed by atoms with Crippen molar-refractivity contribution in [2.45, 2.75) is 6.10 Å². The van der Waals surface area contributed by atoms with Gasteiger partial charge in [0.25, 0.3) is 0 Å². The van der Waals surface area contributed by atoms with Crippen molar-refractivity contribution in [1.29, 1.82) is 0 Å². The standard InChI is InChI=1S/C22H16N2O5/c25-22-19-9-5-4-8-18(19)21(29-22)20(24(26)27)14-23-15-10-12-17(13-11-15)28-16-6-2-1-3-7-16/h1-14,21,23H/b20-14+. The fraction of sp³-hybridized carbons (Fsp3) is 0.0455. The Kier molecular flexibility index (Phi) is 4.94. The van der Waals surface area contributed by atoms with E-state index < -0.39 is 17.0 Å². The molecule has 1 atom stereocenters. The van der Waals surface area contributed by atoms with Crippen molar-refractivity contribution in [2.75, 3.05) is 5.32 Å². The number of para-hydroxylation sites is 1. The number of hydrogen-bond donors (Lipinski definition) is 1. The topological polar surface area (TPSA) is 90.7 Å². The van der Waals surface area contributed by atoms with Gasteiger partial charge in [-0.1, -0.05) is 36.4 Å². The highest BCUT2D eigenvalue weighted by molar-refractivity contribution is 5.94. The molecule has 3 aromatic rings. The quantitative estimate of drug-likeness (QED) is 0.366. The van der Waals surface area contributed by atoms with E-state index in [-0.39, 0.29) is 5.70 Å². The summed E-state index contributed by atoms with van der Waals surface area (Å²) in [6.07, 6.45) is 0.189. The van der Waals surface area contributed by atoms with E-state index in [1.807, 2.05) is 30.3 Å². The number of ether oxygens (including phenoxy) is 2. The third-order valence-electron chi connectivity index (χ3n) is 4.39. The van der Waals surface area contributed by atoms with Crippen LogP contribution in [0.25, 0.3) is 0 Å². The minimum Gasteiger partial charge on any atom is -0.457 e. The van der Waals surface area contributed by atoms with Crippen molar-refractivity contribution in [3.63, 3.8) is 0 Å². The largest absolute Gasteiger partial charge is 0.457 e. The molecular formula is C22H16N2O5. The monoisotopic (exact) mass is 388 g/mol. The smallest absolute Gasteiger partial charge is 0.339 e. The first kappa shape index (κ1) is 18.2. The highest BCUT2D eigenvalue weighted by Crippen LogP contribution is 2.36. The van der Waals surface area contributed by atoms with Gasteiger partial charge in [0.05, 0.1) is 16.7 Å². The Hall–Kier alpha value is -4.13. The molecule has 4 rings (SSSR count). The van der Waals surface area contributed by atoms with Crippen LogP contribution >= 0.6 is 0 Å². The summed E-state index contributed by atoms with van der Waals surface area (Å²) >= 11 is 0. The van der Waals surface area contributed by atoms with Crippen LogP contribution in [0.2, 0.25) is 0 Å². The predicted octanol–water partition coefficient (Wildman–Crippen LogP) is 4.92. The molecule has 1 unspecified atom stereocenters. The first-order chi connectivity index (χ1) is 14.1. The van der Waals surface area contributed by atoms with Gasteiger partial charge in [0.1, 0.15) is 11.5 Å². The number of hydrogen-bond acceptors (Lipinski definition) is 6. The van der Waals surface area contributed by atoms with Gasteiger partial charge in [-0.3, -0.25) is 10.1 Å². The summed E-state index contributed by atoms with van der Waals surface area (Å²) in [5, 5.41) is 14.5. The summed E-state index contributed by atoms with van der Waals surface area (Å²) in [6, 6.07) is 23.0. The third kappa shape index (κ3) is 3.93. The Morgan fingerprint density at radius 1 is 0.966 bits per heavy atom.